The van der Waals surface area contributed by atoms with E-state index < -0.39 is 6.23 Å². The van der Waals surface area contributed by atoms with Gasteiger partial charge >= 0.3 is 0 Å². The molecule has 1 saturated heterocycles. The fourth-order valence-corrected chi connectivity index (χ4v) is 2.25. The second-order valence-corrected chi connectivity index (χ2v) is 4.23. The van der Waals surface area contributed by atoms with Crippen molar-refractivity contribution in [3.63, 3.8) is 0 Å². The maximum atomic E-state index is 9.04. The van der Waals surface area contributed by atoms with Gasteiger partial charge in [-0.05, 0) is 0 Å². The molecule has 2 atom stereocenters. The van der Waals surface area contributed by atoms with Crippen LogP contribution in [0.1, 0.15) is 13.3 Å². The third-order valence-electron chi connectivity index (χ3n) is 1.15. The van der Waals surface area contributed by atoms with E-state index in [4.69, 9.17) is 17.3 Å². The zero-order valence-corrected chi connectivity index (χ0v) is 6.76. The van der Waals surface area contributed by atoms with Gasteiger partial charge in [-0.25, -0.2) is 0 Å². The zero-order valence-electron chi connectivity index (χ0n) is 5.13. The van der Waals surface area contributed by atoms with Gasteiger partial charge in [0.1, 0.15) is 10.5 Å². The molecule has 52 valence electrons. The molecular formula is C5H9NOS2. The number of hydrogen-bond donors (Lipinski definition) is 2. The van der Waals surface area contributed by atoms with Crippen LogP contribution < -0.4 is 5.32 Å². The van der Waals surface area contributed by atoms with Gasteiger partial charge in [-0.15, -0.1) is 0 Å². The number of rotatable bonds is 0. The fraction of sp³-hybridized carbons (Fsp3) is 0.800. The Morgan fingerprint density at radius 3 is 3.00 bits per heavy atom. The molecule has 4 heteroatoms. The van der Waals surface area contributed by atoms with Crippen molar-refractivity contribution in [3.05, 3.63) is 0 Å². The van der Waals surface area contributed by atoms with Gasteiger partial charge in [0.25, 0.3) is 0 Å². The van der Waals surface area contributed by atoms with Gasteiger partial charge in [-0.2, -0.15) is 0 Å². The van der Waals surface area contributed by atoms with Crippen molar-refractivity contribution in [1.82, 2.24) is 5.32 Å². The predicted molar refractivity (Wildman–Crippen MR) is 43.4 cm³/mol. The Hall–Kier alpha value is 0.200. The molecule has 1 heterocycles. The Balaban J connectivity index is 2.43. The molecule has 2 N–H and O–H groups in total. The summed E-state index contributed by atoms with van der Waals surface area (Å²) in [6.45, 7) is 2.06. The van der Waals surface area contributed by atoms with Crippen LogP contribution in [0.5, 0.6) is 0 Å². The summed E-state index contributed by atoms with van der Waals surface area (Å²) in [6.07, 6.45) is 0.360. The van der Waals surface area contributed by atoms with E-state index in [9.17, 15) is 0 Å². The van der Waals surface area contributed by atoms with Gasteiger partial charge < -0.3 is 10.4 Å². The molecule has 0 aromatic rings. The first-order chi connectivity index (χ1) is 4.18. The number of thioether (sulfide) groups is 1. The molecule has 0 amide bonds. The first kappa shape index (κ1) is 7.31. The molecule has 0 unspecified atom stereocenters. The van der Waals surface area contributed by atoms with Crippen LogP contribution in [0.3, 0.4) is 0 Å². The molecule has 0 aromatic carbocycles. The Kier molecular flexibility index (Phi) is 2.32. The van der Waals surface area contributed by atoms with Crippen LogP contribution in [-0.4, -0.2) is 20.9 Å². The summed E-state index contributed by atoms with van der Waals surface area (Å²) in [5, 5.41) is 12.3. The highest BCUT2D eigenvalue weighted by atomic mass is 32.2. The number of hydrogen-bond acceptors (Lipinski definition) is 3. The van der Waals surface area contributed by atoms with Crippen molar-refractivity contribution in [3.8, 4) is 0 Å². The molecule has 0 radical (unpaired) electrons. The Bertz CT molecular complexity index is 116. The second kappa shape index (κ2) is 2.86. The second-order valence-electron chi connectivity index (χ2n) is 2.11. The summed E-state index contributed by atoms with van der Waals surface area (Å²) in [6, 6.07) is 0. The maximum absolute atomic E-state index is 9.04. The summed E-state index contributed by atoms with van der Waals surface area (Å²) in [7, 11) is 0. The van der Waals surface area contributed by atoms with Crippen LogP contribution in [0.2, 0.25) is 0 Å². The van der Waals surface area contributed by atoms with Crippen LogP contribution in [0.4, 0.5) is 0 Å². The molecule has 1 aliphatic rings. The van der Waals surface area contributed by atoms with Crippen molar-refractivity contribution in [1.29, 1.82) is 0 Å². The standard InChI is InChI=1S/C5H9NOS2/c1-3-2-4(7)6-5(8)9-3/h3-4,7H,2H2,1H3,(H,6,8)/t3-,4-/m0/s1. The van der Waals surface area contributed by atoms with Crippen molar-refractivity contribution in [2.45, 2.75) is 24.8 Å². The van der Waals surface area contributed by atoms with E-state index in [0.717, 1.165) is 6.42 Å². The number of aliphatic hydroxyl groups excluding tert-OH is 1. The first-order valence-corrected chi connectivity index (χ1v) is 4.12. The molecule has 0 spiro atoms. The molecule has 1 aliphatic heterocycles. The molecular weight excluding hydrogens is 154 g/mol. The molecule has 2 nitrogen and oxygen atoms in total. The SMILES string of the molecule is C[C@H]1C[C@H](O)NC(=S)S1. The average molecular weight is 163 g/mol. The fourth-order valence-electron chi connectivity index (χ4n) is 0.774. The zero-order chi connectivity index (χ0) is 6.85. The van der Waals surface area contributed by atoms with Crippen LogP contribution in [0, 0.1) is 0 Å². The number of aliphatic hydroxyl groups is 1. The maximum Gasteiger partial charge on any atom is 0.136 e. The van der Waals surface area contributed by atoms with E-state index in [1.807, 2.05) is 0 Å². The minimum absolute atomic E-state index is 0.422. The summed E-state index contributed by atoms with van der Waals surface area (Å²) in [4.78, 5) is 0. The van der Waals surface area contributed by atoms with Crippen LogP contribution >= 0.6 is 24.0 Å². The van der Waals surface area contributed by atoms with Gasteiger partial charge in [0.05, 0.1) is 0 Å². The van der Waals surface area contributed by atoms with E-state index in [1.54, 1.807) is 11.8 Å². The van der Waals surface area contributed by atoms with E-state index in [1.165, 1.54) is 0 Å². The molecule has 0 saturated carbocycles. The summed E-state index contributed by atoms with van der Waals surface area (Å²) in [5.74, 6) is 0. The monoisotopic (exact) mass is 163 g/mol. The van der Waals surface area contributed by atoms with Crippen LogP contribution in [-0.2, 0) is 0 Å². The lowest BCUT2D eigenvalue weighted by Gasteiger charge is -2.24. The lowest BCUT2D eigenvalue weighted by molar-refractivity contribution is 0.150. The molecule has 0 bridgehead atoms. The normalized spacial score (nSPS) is 36.0. The van der Waals surface area contributed by atoms with Crippen molar-refractivity contribution in [2.24, 2.45) is 0 Å². The topological polar surface area (TPSA) is 32.3 Å². The van der Waals surface area contributed by atoms with Gasteiger partial charge in [-0.1, -0.05) is 30.9 Å². The largest absolute Gasteiger partial charge is 0.374 e. The molecule has 9 heavy (non-hydrogen) atoms. The average Bonchev–Trinajstić information content (AvgIpc) is 1.59. The molecule has 1 fully saturated rings. The smallest absolute Gasteiger partial charge is 0.136 e. The minimum Gasteiger partial charge on any atom is -0.374 e. The van der Waals surface area contributed by atoms with Crippen LogP contribution in [0.15, 0.2) is 0 Å². The summed E-state index contributed by atoms with van der Waals surface area (Å²) < 4.78 is 0.709. The van der Waals surface area contributed by atoms with Gasteiger partial charge in [0.2, 0.25) is 0 Å². The Labute approximate surface area is 64.0 Å². The Morgan fingerprint density at radius 2 is 2.56 bits per heavy atom. The predicted octanol–water partition coefficient (Wildman–Crippen LogP) is 0.705. The van der Waals surface area contributed by atoms with Crippen molar-refractivity contribution in [2.75, 3.05) is 0 Å². The highest BCUT2D eigenvalue weighted by Crippen LogP contribution is 2.20. The van der Waals surface area contributed by atoms with E-state index >= 15 is 0 Å². The third kappa shape index (κ3) is 2.12. The van der Waals surface area contributed by atoms with Gasteiger partial charge in [0.15, 0.2) is 0 Å². The summed E-state index contributed by atoms with van der Waals surface area (Å²) in [5.41, 5.74) is 0. The highest BCUT2D eigenvalue weighted by Gasteiger charge is 2.19. The lowest BCUT2D eigenvalue weighted by Crippen LogP contribution is -2.38. The van der Waals surface area contributed by atoms with E-state index in [2.05, 4.69) is 12.2 Å². The molecule has 0 aromatic heterocycles. The van der Waals surface area contributed by atoms with E-state index in [-0.39, 0.29) is 0 Å². The van der Waals surface area contributed by atoms with Gasteiger partial charge in [-0.3, -0.25) is 0 Å². The lowest BCUT2D eigenvalue weighted by atomic mass is 10.3. The molecule has 0 aliphatic carbocycles. The quantitative estimate of drug-likeness (QED) is 0.515. The van der Waals surface area contributed by atoms with Crippen molar-refractivity contribution < 1.29 is 5.11 Å². The first-order valence-electron chi connectivity index (χ1n) is 2.83. The third-order valence-corrected chi connectivity index (χ3v) is 2.48. The Morgan fingerprint density at radius 1 is 1.89 bits per heavy atom. The number of thiocarbonyl (C=S) groups is 1. The summed E-state index contributed by atoms with van der Waals surface area (Å²) >= 11 is 6.46. The highest BCUT2D eigenvalue weighted by molar-refractivity contribution is 8.23. The number of nitrogens with one attached hydrogen (secondary N) is 1. The van der Waals surface area contributed by atoms with E-state index in [0.29, 0.717) is 9.57 Å². The van der Waals surface area contributed by atoms with Crippen LogP contribution in [0.25, 0.3) is 0 Å². The van der Waals surface area contributed by atoms with Gasteiger partial charge in [0, 0.05) is 11.7 Å². The van der Waals surface area contributed by atoms with Crippen molar-refractivity contribution >= 4 is 28.3 Å². The molecule has 1 rings (SSSR count). The minimum atomic E-state index is -0.422.